The molecule has 2 fully saturated rings. The van der Waals surface area contributed by atoms with Crippen molar-refractivity contribution in [1.82, 2.24) is 10.6 Å². The van der Waals surface area contributed by atoms with Crippen LogP contribution >= 0.6 is 11.8 Å². The molecule has 0 aliphatic carbocycles. The van der Waals surface area contributed by atoms with Gasteiger partial charge in [0.1, 0.15) is 0 Å². The van der Waals surface area contributed by atoms with Crippen LogP contribution < -0.4 is 10.6 Å². The highest BCUT2D eigenvalue weighted by Crippen LogP contribution is 2.25. The topological polar surface area (TPSA) is 41.1 Å². The van der Waals surface area contributed by atoms with E-state index in [-0.39, 0.29) is 5.91 Å². The normalized spacial score (nSPS) is 31.1. The molecule has 0 radical (unpaired) electrons. The minimum absolute atomic E-state index is 0.266. The Labute approximate surface area is 108 Å². The van der Waals surface area contributed by atoms with Crippen molar-refractivity contribution in [3.8, 4) is 0 Å². The minimum atomic E-state index is 0.266. The van der Waals surface area contributed by atoms with Crippen molar-refractivity contribution in [3.05, 3.63) is 0 Å². The molecule has 4 heteroatoms. The summed E-state index contributed by atoms with van der Waals surface area (Å²) in [6.45, 7) is 3.26. The van der Waals surface area contributed by atoms with Crippen LogP contribution in [0.2, 0.25) is 0 Å². The fraction of sp³-hybridized carbons (Fsp3) is 0.923. The summed E-state index contributed by atoms with van der Waals surface area (Å²) in [4.78, 5) is 12.0. The summed E-state index contributed by atoms with van der Waals surface area (Å²) in [5.41, 5.74) is 0. The van der Waals surface area contributed by atoms with Gasteiger partial charge < -0.3 is 10.6 Å². The Morgan fingerprint density at radius 3 is 2.82 bits per heavy atom. The van der Waals surface area contributed by atoms with Gasteiger partial charge in [0.2, 0.25) is 5.91 Å². The molecule has 98 valence electrons. The summed E-state index contributed by atoms with van der Waals surface area (Å²) in [7, 11) is 0. The Balaban J connectivity index is 1.72. The predicted molar refractivity (Wildman–Crippen MR) is 73.3 cm³/mol. The molecule has 2 rings (SSSR count). The Hall–Kier alpha value is -0.220. The Morgan fingerprint density at radius 2 is 2.12 bits per heavy atom. The summed E-state index contributed by atoms with van der Waals surface area (Å²) in [6, 6.07) is 0.767. The predicted octanol–water partition coefficient (Wildman–Crippen LogP) is 1.78. The molecule has 2 heterocycles. The van der Waals surface area contributed by atoms with E-state index in [2.05, 4.69) is 17.6 Å². The molecular weight excluding hydrogens is 232 g/mol. The summed E-state index contributed by atoms with van der Waals surface area (Å²) in [5, 5.41) is 6.63. The average molecular weight is 256 g/mol. The van der Waals surface area contributed by atoms with Crippen LogP contribution in [0.15, 0.2) is 0 Å². The number of rotatable bonds is 3. The van der Waals surface area contributed by atoms with Gasteiger partial charge in [-0.1, -0.05) is 0 Å². The van der Waals surface area contributed by atoms with Gasteiger partial charge in [-0.15, -0.1) is 0 Å². The third-order valence-corrected chi connectivity index (χ3v) is 4.97. The summed E-state index contributed by atoms with van der Waals surface area (Å²) in [5.74, 6) is 3.36. The highest BCUT2D eigenvalue weighted by atomic mass is 32.2. The number of amides is 1. The van der Waals surface area contributed by atoms with Crippen molar-refractivity contribution in [1.29, 1.82) is 0 Å². The first-order valence-corrected chi connectivity index (χ1v) is 8.01. The van der Waals surface area contributed by atoms with Crippen LogP contribution in [-0.2, 0) is 4.79 Å². The monoisotopic (exact) mass is 256 g/mol. The second-order valence-electron chi connectivity index (χ2n) is 5.32. The number of hydrogen-bond acceptors (Lipinski definition) is 3. The van der Waals surface area contributed by atoms with Crippen LogP contribution in [0.5, 0.6) is 0 Å². The van der Waals surface area contributed by atoms with Gasteiger partial charge in [0.25, 0.3) is 0 Å². The fourth-order valence-electron chi connectivity index (χ4n) is 2.72. The standard InChI is InChI=1S/C13H24N2OS/c1-10-12(3-2-6-14-10)15-13(16)9-11-4-7-17-8-5-11/h10-12,14H,2-9H2,1H3,(H,15,16). The molecule has 0 spiro atoms. The van der Waals surface area contributed by atoms with Gasteiger partial charge in [-0.05, 0) is 56.6 Å². The quantitative estimate of drug-likeness (QED) is 0.809. The maximum Gasteiger partial charge on any atom is 0.220 e. The Kier molecular flexibility index (Phi) is 5.16. The lowest BCUT2D eigenvalue weighted by Crippen LogP contribution is -2.52. The number of nitrogens with one attached hydrogen (secondary N) is 2. The van der Waals surface area contributed by atoms with E-state index in [4.69, 9.17) is 0 Å². The maximum absolute atomic E-state index is 12.0. The van der Waals surface area contributed by atoms with Gasteiger partial charge in [-0.25, -0.2) is 0 Å². The number of carbonyl (C=O) groups excluding carboxylic acids is 1. The molecule has 2 aliphatic rings. The lowest BCUT2D eigenvalue weighted by molar-refractivity contribution is -0.123. The van der Waals surface area contributed by atoms with Gasteiger partial charge in [-0.3, -0.25) is 4.79 Å². The lowest BCUT2D eigenvalue weighted by atomic mass is 9.96. The van der Waals surface area contributed by atoms with Crippen LogP contribution in [0.4, 0.5) is 0 Å². The second kappa shape index (κ2) is 6.64. The van der Waals surface area contributed by atoms with E-state index >= 15 is 0 Å². The van der Waals surface area contributed by atoms with Crippen LogP contribution in [0.25, 0.3) is 0 Å². The average Bonchev–Trinajstić information content (AvgIpc) is 2.33. The zero-order valence-electron chi connectivity index (χ0n) is 10.7. The van der Waals surface area contributed by atoms with Crippen molar-refractivity contribution < 1.29 is 4.79 Å². The van der Waals surface area contributed by atoms with Crippen LogP contribution in [0.1, 0.15) is 39.0 Å². The van der Waals surface area contributed by atoms with E-state index in [0.717, 1.165) is 19.4 Å². The first-order valence-electron chi connectivity index (χ1n) is 6.86. The molecule has 0 bridgehead atoms. The SMILES string of the molecule is CC1NCCCC1NC(=O)CC1CCSCC1. The van der Waals surface area contributed by atoms with Crippen LogP contribution in [0, 0.1) is 5.92 Å². The lowest BCUT2D eigenvalue weighted by Gasteiger charge is -2.31. The zero-order valence-corrected chi connectivity index (χ0v) is 11.5. The van der Waals surface area contributed by atoms with Crippen molar-refractivity contribution in [2.75, 3.05) is 18.1 Å². The van der Waals surface area contributed by atoms with Crippen LogP contribution in [-0.4, -0.2) is 36.0 Å². The van der Waals surface area contributed by atoms with Gasteiger partial charge in [-0.2, -0.15) is 11.8 Å². The first-order chi connectivity index (χ1) is 8.25. The molecule has 17 heavy (non-hydrogen) atoms. The highest BCUT2D eigenvalue weighted by molar-refractivity contribution is 7.99. The zero-order chi connectivity index (χ0) is 12.1. The number of carbonyl (C=O) groups is 1. The Morgan fingerprint density at radius 1 is 1.35 bits per heavy atom. The van der Waals surface area contributed by atoms with Gasteiger partial charge in [0.05, 0.1) is 0 Å². The van der Waals surface area contributed by atoms with Crippen molar-refractivity contribution in [2.24, 2.45) is 5.92 Å². The van der Waals surface area contributed by atoms with E-state index in [1.165, 1.54) is 30.8 Å². The van der Waals surface area contributed by atoms with Gasteiger partial charge >= 0.3 is 0 Å². The maximum atomic E-state index is 12.0. The number of hydrogen-bond donors (Lipinski definition) is 2. The fourth-order valence-corrected chi connectivity index (χ4v) is 3.92. The van der Waals surface area contributed by atoms with Crippen molar-refractivity contribution in [2.45, 2.75) is 51.1 Å². The van der Waals surface area contributed by atoms with Gasteiger partial charge in [0, 0.05) is 18.5 Å². The third-order valence-electron chi connectivity index (χ3n) is 3.92. The summed E-state index contributed by atoms with van der Waals surface area (Å²) >= 11 is 2.02. The molecule has 0 aromatic carbocycles. The van der Waals surface area contributed by atoms with E-state index in [1.54, 1.807) is 0 Å². The minimum Gasteiger partial charge on any atom is -0.352 e. The highest BCUT2D eigenvalue weighted by Gasteiger charge is 2.24. The molecule has 0 saturated carbocycles. The van der Waals surface area contributed by atoms with Crippen LogP contribution in [0.3, 0.4) is 0 Å². The summed E-state index contributed by atoms with van der Waals surface area (Å²) < 4.78 is 0. The molecular formula is C13H24N2OS. The largest absolute Gasteiger partial charge is 0.352 e. The van der Waals surface area contributed by atoms with E-state index in [0.29, 0.717) is 18.0 Å². The number of piperidine rings is 1. The number of thioether (sulfide) groups is 1. The van der Waals surface area contributed by atoms with E-state index in [1.807, 2.05) is 11.8 Å². The smallest absolute Gasteiger partial charge is 0.220 e. The molecule has 2 aliphatic heterocycles. The summed E-state index contributed by atoms with van der Waals surface area (Å²) in [6.07, 6.45) is 5.48. The van der Waals surface area contributed by atoms with Crippen molar-refractivity contribution >= 4 is 17.7 Å². The molecule has 2 atom stereocenters. The molecule has 2 N–H and O–H groups in total. The van der Waals surface area contributed by atoms with E-state index in [9.17, 15) is 4.79 Å². The molecule has 0 aromatic heterocycles. The molecule has 3 nitrogen and oxygen atoms in total. The molecule has 0 aromatic rings. The third kappa shape index (κ3) is 4.18. The van der Waals surface area contributed by atoms with E-state index < -0.39 is 0 Å². The molecule has 2 saturated heterocycles. The van der Waals surface area contributed by atoms with Crippen molar-refractivity contribution in [3.63, 3.8) is 0 Å². The van der Waals surface area contributed by atoms with Gasteiger partial charge in [0.15, 0.2) is 0 Å². The first kappa shape index (κ1) is 13.2. The molecule has 1 amide bonds. The molecule has 2 unspecified atom stereocenters. The second-order valence-corrected chi connectivity index (χ2v) is 6.54. The Bertz CT molecular complexity index is 254.